The molecule has 4 N–H and O–H groups in total. The molecule has 0 aromatic carbocycles. The van der Waals surface area contributed by atoms with E-state index < -0.39 is 0 Å². The number of aryl methyl sites for hydroxylation is 1. The first kappa shape index (κ1) is 9.41. The van der Waals surface area contributed by atoms with Crippen molar-refractivity contribution < 1.29 is 4.74 Å². The van der Waals surface area contributed by atoms with E-state index in [2.05, 4.69) is 25.6 Å². The number of hydrogen-bond donors (Lipinski definition) is 3. The molecule has 7 heteroatoms. The number of aromatic nitrogens is 4. The predicted molar refractivity (Wildman–Crippen MR) is 53.2 cm³/mol. The van der Waals surface area contributed by atoms with Crippen LogP contribution in [0.5, 0.6) is 11.8 Å². The van der Waals surface area contributed by atoms with Gasteiger partial charge in [0.05, 0.1) is 12.4 Å². The highest BCUT2D eigenvalue weighted by molar-refractivity contribution is 5.32. The standard InChI is InChI=1S/C8H10N6O/c1-5-2-7(14-13-5)15-8-4-10-3-6(11-8)12-9/h2-4H,9H2,1H3,(H,11,12)(H,13,14). The van der Waals surface area contributed by atoms with Crippen molar-refractivity contribution in [2.24, 2.45) is 5.84 Å². The van der Waals surface area contributed by atoms with Gasteiger partial charge < -0.3 is 10.2 Å². The maximum atomic E-state index is 5.33. The van der Waals surface area contributed by atoms with Crippen LogP contribution in [0.1, 0.15) is 5.69 Å². The SMILES string of the molecule is Cc1cc(Oc2cncc(NN)n2)n[nH]1. The Labute approximate surface area is 85.7 Å². The van der Waals surface area contributed by atoms with Crippen molar-refractivity contribution >= 4 is 5.82 Å². The van der Waals surface area contributed by atoms with E-state index in [0.29, 0.717) is 17.6 Å². The van der Waals surface area contributed by atoms with Crippen molar-refractivity contribution in [1.29, 1.82) is 0 Å². The highest BCUT2D eigenvalue weighted by Gasteiger charge is 2.03. The number of nitrogens with one attached hydrogen (secondary N) is 2. The maximum absolute atomic E-state index is 5.33. The molecule has 7 nitrogen and oxygen atoms in total. The zero-order valence-corrected chi connectivity index (χ0v) is 8.06. The number of nitrogens with two attached hydrogens (primary N) is 1. The van der Waals surface area contributed by atoms with Gasteiger partial charge in [-0.05, 0) is 6.92 Å². The lowest BCUT2D eigenvalue weighted by Crippen LogP contribution is -2.09. The van der Waals surface area contributed by atoms with Gasteiger partial charge >= 0.3 is 0 Å². The van der Waals surface area contributed by atoms with E-state index >= 15 is 0 Å². The molecule has 2 heterocycles. The minimum absolute atomic E-state index is 0.331. The third kappa shape index (κ3) is 2.20. The van der Waals surface area contributed by atoms with Crippen molar-refractivity contribution in [3.05, 3.63) is 24.2 Å². The molecule has 0 aliphatic carbocycles. The van der Waals surface area contributed by atoms with E-state index in [1.807, 2.05) is 6.92 Å². The average molecular weight is 206 g/mol. The first-order chi connectivity index (χ1) is 7.28. The van der Waals surface area contributed by atoms with Crippen LogP contribution in [0.3, 0.4) is 0 Å². The molecular weight excluding hydrogens is 196 g/mol. The molecule has 0 aliphatic heterocycles. The van der Waals surface area contributed by atoms with Gasteiger partial charge in [0, 0.05) is 11.8 Å². The number of ether oxygens (including phenoxy) is 1. The largest absolute Gasteiger partial charge is 0.417 e. The number of aromatic amines is 1. The summed E-state index contributed by atoms with van der Waals surface area (Å²) in [6, 6.07) is 1.75. The van der Waals surface area contributed by atoms with Crippen LogP contribution < -0.4 is 16.0 Å². The quantitative estimate of drug-likeness (QED) is 0.501. The first-order valence-electron chi connectivity index (χ1n) is 4.26. The lowest BCUT2D eigenvalue weighted by molar-refractivity contribution is 0.441. The molecular formula is C8H10N6O. The van der Waals surface area contributed by atoms with Crippen molar-refractivity contribution in [2.45, 2.75) is 6.92 Å². The molecule has 0 aliphatic rings. The molecule has 2 aromatic rings. The van der Waals surface area contributed by atoms with Crippen molar-refractivity contribution in [3.63, 3.8) is 0 Å². The summed E-state index contributed by atoms with van der Waals surface area (Å²) in [5.74, 6) is 6.39. The fraction of sp³-hybridized carbons (Fsp3) is 0.125. The summed E-state index contributed by atoms with van der Waals surface area (Å²) in [6.45, 7) is 1.88. The molecule has 0 spiro atoms. The van der Waals surface area contributed by atoms with Gasteiger partial charge in [0.25, 0.3) is 0 Å². The summed E-state index contributed by atoms with van der Waals surface area (Å²) in [5, 5.41) is 6.65. The molecule has 2 aromatic heterocycles. The van der Waals surface area contributed by atoms with Crippen LogP contribution in [-0.4, -0.2) is 20.2 Å². The number of rotatable bonds is 3. The second-order valence-electron chi connectivity index (χ2n) is 2.88. The normalized spacial score (nSPS) is 10.0. The predicted octanol–water partition coefficient (Wildman–Crippen LogP) is 0.586. The Morgan fingerprint density at radius 3 is 2.93 bits per heavy atom. The topological polar surface area (TPSA) is 102 Å². The van der Waals surface area contributed by atoms with E-state index in [4.69, 9.17) is 10.6 Å². The van der Waals surface area contributed by atoms with E-state index in [1.165, 1.54) is 12.4 Å². The summed E-state index contributed by atoms with van der Waals surface area (Å²) in [7, 11) is 0. The van der Waals surface area contributed by atoms with Crippen molar-refractivity contribution in [1.82, 2.24) is 20.2 Å². The third-order valence-electron chi connectivity index (χ3n) is 1.65. The number of H-pyrrole nitrogens is 1. The number of hydrazine groups is 1. The third-order valence-corrected chi connectivity index (χ3v) is 1.65. The van der Waals surface area contributed by atoms with Crippen LogP contribution in [0.25, 0.3) is 0 Å². The van der Waals surface area contributed by atoms with Gasteiger partial charge in [-0.25, -0.2) is 5.84 Å². The van der Waals surface area contributed by atoms with Gasteiger partial charge in [-0.15, -0.1) is 5.10 Å². The molecule has 15 heavy (non-hydrogen) atoms. The molecule has 2 rings (SSSR count). The lowest BCUT2D eigenvalue weighted by Gasteiger charge is -2.01. The Morgan fingerprint density at radius 2 is 2.27 bits per heavy atom. The monoisotopic (exact) mass is 206 g/mol. The molecule has 0 saturated carbocycles. The zero-order valence-electron chi connectivity index (χ0n) is 8.06. The molecule has 0 radical (unpaired) electrons. The Morgan fingerprint density at radius 1 is 1.40 bits per heavy atom. The van der Waals surface area contributed by atoms with E-state index in [9.17, 15) is 0 Å². The number of nitrogens with zero attached hydrogens (tertiary/aromatic N) is 3. The summed E-state index contributed by atoms with van der Waals surface area (Å²) >= 11 is 0. The van der Waals surface area contributed by atoms with Crippen molar-refractivity contribution in [2.75, 3.05) is 5.43 Å². The Kier molecular flexibility index (Phi) is 2.46. The smallest absolute Gasteiger partial charge is 0.241 e. The van der Waals surface area contributed by atoms with Crippen LogP contribution in [0.15, 0.2) is 18.5 Å². The van der Waals surface area contributed by atoms with Gasteiger partial charge in [-0.3, -0.25) is 10.1 Å². The lowest BCUT2D eigenvalue weighted by atomic mass is 10.5. The van der Waals surface area contributed by atoms with Gasteiger partial charge in [-0.2, -0.15) is 4.98 Å². The highest BCUT2D eigenvalue weighted by atomic mass is 16.5. The number of nitrogen functional groups attached to an aromatic ring is 1. The van der Waals surface area contributed by atoms with Crippen LogP contribution in [0.2, 0.25) is 0 Å². The van der Waals surface area contributed by atoms with E-state index in [-0.39, 0.29) is 0 Å². The summed E-state index contributed by atoms with van der Waals surface area (Å²) in [5.41, 5.74) is 3.28. The molecule has 0 atom stereocenters. The fourth-order valence-corrected chi connectivity index (χ4v) is 1.02. The zero-order chi connectivity index (χ0) is 10.7. The molecule has 78 valence electrons. The van der Waals surface area contributed by atoms with Gasteiger partial charge in [0.1, 0.15) is 0 Å². The second kappa shape index (κ2) is 3.93. The molecule has 0 saturated heterocycles. The summed E-state index contributed by atoms with van der Waals surface area (Å²) in [6.07, 6.45) is 2.97. The van der Waals surface area contributed by atoms with Crippen LogP contribution >= 0.6 is 0 Å². The molecule has 0 bridgehead atoms. The Hall–Kier alpha value is -2.15. The molecule has 0 fully saturated rings. The highest BCUT2D eigenvalue weighted by Crippen LogP contribution is 2.17. The number of hydrogen-bond acceptors (Lipinski definition) is 6. The minimum Gasteiger partial charge on any atom is -0.417 e. The first-order valence-corrected chi connectivity index (χ1v) is 4.26. The Bertz CT molecular complexity index is 454. The summed E-state index contributed by atoms with van der Waals surface area (Å²) < 4.78 is 5.33. The molecule has 0 amide bonds. The average Bonchev–Trinajstić information content (AvgIpc) is 2.64. The van der Waals surface area contributed by atoms with Gasteiger partial charge in [0.15, 0.2) is 5.82 Å². The van der Waals surface area contributed by atoms with Crippen LogP contribution in [0.4, 0.5) is 5.82 Å². The van der Waals surface area contributed by atoms with E-state index in [1.54, 1.807) is 6.07 Å². The molecule has 0 unspecified atom stereocenters. The second-order valence-corrected chi connectivity index (χ2v) is 2.88. The summed E-state index contributed by atoms with van der Waals surface area (Å²) in [4.78, 5) is 7.91. The Balaban J connectivity index is 2.16. The maximum Gasteiger partial charge on any atom is 0.241 e. The van der Waals surface area contributed by atoms with E-state index in [0.717, 1.165) is 5.69 Å². The number of anilines is 1. The van der Waals surface area contributed by atoms with Crippen molar-refractivity contribution in [3.8, 4) is 11.8 Å². The fourth-order valence-electron chi connectivity index (χ4n) is 1.02. The van der Waals surface area contributed by atoms with Gasteiger partial charge in [-0.1, -0.05) is 0 Å². The van der Waals surface area contributed by atoms with Crippen LogP contribution in [-0.2, 0) is 0 Å². The van der Waals surface area contributed by atoms with Crippen LogP contribution in [0, 0.1) is 6.92 Å². The van der Waals surface area contributed by atoms with Gasteiger partial charge in [0.2, 0.25) is 11.8 Å². The minimum atomic E-state index is 0.331.